The minimum Gasteiger partial charge on any atom is -0.348 e. The summed E-state index contributed by atoms with van der Waals surface area (Å²) in [4.78, 5) is 16.3. The monoisotopic (exact) mass is 266 g/mol. The second-order valence-electron chi connectivity index (χ2n) is 4.61. The highest BCUT2D eigenvalue weighted by Crippen LogP contribution is 2.08. The lowest BCUT2D eigenvalue weighted by atomic mass is 10.1. The quantitative estimate of drug-likeness (QED) is 0.788. The van der Waals surface area contributed by atoms with Crippen LogP contribution < -0.4 is 5.32 Å². The van der Waals surface area contributed by atoms with Gasteiger partial charge in [0.25, 0.3) is 5.91 Å². The molecule has 1 N–H and O–H groups in total. The van der Waals surface area contributed by atoms with Gasteiger partial charge in [0.05, 0.1) is 6.20 Å². The van der Waals surface area contributed by atoms with Crippen LogP contribution >= 0.6 is 0 Å². The summed E-state index contributed by atoms with van der Waals surface area (Å²) in [7, 11) is 0. The van der Waals surface area contributed by atoms with Crippen LogP contribution in [0, 0.1) is 6.92 Å². The third-order valence-electron chi connectivity index (χ3n) is 3.10. The minimum atomic E-state index is -0.167. The molecule has 3 rings (SSSR count). The molecule has 0 saturated heterocycles. The molecule has 0 atom stereocenters. The van der Waals surface area contributed by atoms with E-state index in [0.29, 0.717) is 17.8 Å². The molecule has 0 aliphatic rings. The number of hydrogen-bond donors (Lipinski definition) is 1. The molecule has 2 aromatic heterocycles. The lowest BCUT2D eigenvalue weighted by molar-refractivity contribution is 0.0952. The average Bonchev–Trinajstić information content (AvgIpc) is 2.90. The summed E-state index contributed by atoms with van der Waals surface area (Å²) in [6.07, 6.45) is 4.94. The Morgan fingerprint density at radius 1 is 1.30 bits per heavy atom. The lowest BCUT2D eigenvalue weighted by Gasteiger charge is -2.04. The summed E-state index contributed by atoms with van der Waals surface area (Å²) in [6, 6.07) is 9.83. The first-order chi connectivity index (χ1) is 9.74. The van der Waals surface area contributed by atoms with Gasteiger partial charge in [-0.05, 0) is 18.6 Å². The maximum atomic E-state index is 12.2. The van der Waals surface area contributed by atoms with Crippen LogP contribution in [0.15, 0.2) is 48.9 Å². The Balaban J connectivity index is 1.75. The van der Waals surface area contributed by atoms with Crippen LogP contribution in [0.5, 0.6) is 0 Å². The fourth-order valence-electron chi connectivity index (χ4n) is 1.97. The van der Waals surface area contributed by atoms with Crippen LogP contribution in [-0.2, 0) is 6.54 Å². The first-order valence-electron chi connectivity index (χ1n) is 6.36. The van der Waals surface area contributed by atoms with E-state index in [9.17, 15) is 4.79 Å². The van der Waals surface area contributed by atoms with E-state index in [1.165, 1.54) is 11.8 Å². The number of fused-ring (bicyclic) bond motifs is 1. The molecule has 20 heavy (non-hydrogen) atoms. The summed E-state index contributed by atoms with van der Waals surface area (Å²) in [6.45, 7) is 2.52. The Morgan fingerprint density at radius 3 is 2.90 bits per heavy atom. The van der Waals surface area contributed by atoms with Crippen molar-refractivity contribution in [2.45, 2.75) is 13.5 Å². The molecule has 0 aliphatic heterocycles. The largest absolute Gasteiger partial charge is 0.348 e. The summed E-state index contributed by atoms with van der Waals surface area (Å²) in [5.41, 5.74) is 3.31. The fraction of sp³-hybridized carbons (Fsp3) is 0.133. The van der Waals surface area contributed by atoms with Crippen molar-refractivity contribution in [1.82, 2.24) is 19.9 Å². The molecule has 3 aromatic rings. The van der Waals surface area contributed by atoms with E-state index in [4.69, 9.17) is 0 Å². The zero-order valence-electron chi connectivity index (χ0n) is 11.1. The molecule has 0 bridgehead atoms. The normalized spacial score (nSPS) is 10.7. The standard InChI is InChI=1S/C15H14N4O/c1-11-3-5-12(6-4-11)9-17-15(20)13-10-18-19-8-2-7-16-14(13)19/h2-8,10H,9H2,1H3,(H,17,20). The SMILES string of the molecule is Cc1ccc(CNC(=O)c2cnn3cccnc23)cc1. The second kappa shape index (κ2) is 5.13. The van der Waals surface area contributed by atoms with Crippen molar-refractivity contribution in [2.24, 2.45) is 0 Å². The van der Waals surface area contributed by atoms with E-state index in [1.54, 1.807) is 23.0 Å². The van der Waals surface area contributed by atoms with Crippen molar-refractivity contribution < 1.29 is 4.79 Å². The van der Waals surface area contributed by atoms with Gasteiger partial charge >= 0.3 is 0 Å². The van der Waals surface area contributed by atoms with Gasteiger partial charge < -0.3 is 5.32 Å². The summed E-state index contributed by atoms with van der Waals surface area (Å²) >= 11 is 0. The van der Waals surface area contributed by atoms with E-state index < -0.39 is 0 Å². The van der Waals surface area contributed by atoms with Gasteiger partial charge in [0, 0.05) is 18.9 Å². The van der Waals surface area contributed by atoms with Gasteiger partial charge in [-0.15, -0.1) is 0 Å². The van der Waals surface area contributed by atoms with Gasteiger partial charge in [-0.3, -0.25) is 4.79 Å². The van der Waals surface area contributed by atoms with Crippen molar-refractivity contribution in [3.05, 3.63) is 65.6 Å². The molecule has 0 unspecified atom stereocenters. The average molecular weight is 266 g/mol. The van der Waals surface area contributed by atoms with E-state index in [1.807, 2.05) is 31.2 Å². The zero-order chi connectivity index (χ0) is 13.9. The summed E-state index contributed by atoms with van der Waals surface area (Å²) in [5.74, 6) is -0.167. The highest BCUT2D eigenvalue weighted by molar-refractivity contribution is 5.99. The van der Waals surface area contributed by atoms with Gasteiger partial charge in [0.2, 0.25) is 0 Å². The molecule has 1 amide bonds. The molecule has 5 nitrogen and oxygen atoms in total. The molecular formula is C15H14N4O. The third kappa shape index (κ3) is 2.38. The number of hydrogen-bond acceptors (Lipinski definition) is 3. The minimum absolute atomic E-state index is 0.167. The number of carbonyl (C=O) groups excluding carboxylic acids is 1. The molecule has 0 saturated carbocycles. The molecular weight excluding hydrogens is 252 g/mol. The van der Waals surface area contributed by atoms with Crippen LogP contribution in [0.2, 0.25) is 0 Å². The Bertz CT molecular complexity index is 746. The van der Waals surface area contributed by atoms with Gasteiger partial charge in [0.15, 0.2) is 5.65 Å². The van der Waals surface area contributed by atoms with E-state index in [0.717, 1.165) is 5.56 Å². The van der Waals surface area contributed by atoms with Crippen molar-refractivity contribution in [1.29, 1.82) is 0 Å². The van der Waals surface area contributed by atoms with Crippen molar-refractivity contribution >= 4 is 11.6 Å². The number of aromatic nitrogens is 3. The number of benzene rings is 1. The number of carbonyl (C=O) groups is 1. The first kappa shape index (κ1) is 12.3. The van der Waals surface area contributed by atoms with Crippen LogP contribution in [-0.4, -0.2) is 20.5 Å². The predicted molar refractivity (Wildman–Crippen MR) is 75.3 cm³/mol. The first-order valence-corrected chi connectivity index (χ1v) is 6.36. The highest BCUT2D eigenvalue weighted by Gasteiger charge is 2.12. The number of rotatable bonds is 3. The Kier molecular flexibility index (Phi) is 3.16. The number of nitrogens with zero attached hydrogens (tertiary/aromatic N) is 3. The summed E-state index contributed by atoms with van der Waals surface area (Å²) < 4.78 is 1.58. The molecule has 1 aromatic carbocycles. The fourth-order valence-corrected chi connectivity index (χ4v) is 1.97. The van der Waals surface area contributed by atoms with Crippen LogP contribution in [0.1, 0.15) is 21.5 Å². The van der Waals surface area contributed by atoms with Crippen molar-refractivity contribution in [2.75, 3.05) is 0 Å². The Hall–Kier alpha value is -2.69. The van der Waals surface area contributed by atoms with Crippen LogP contribution in [0.3, 0.4) is 0 Å². The van der Waals surface area contributed by atoms with E-state index in [2.05, 4.69) is 15.4 Å². The smallest absolute Gasteiger partial charge is 0.257 e. The number of aryl methyl sites for hydroxylation is 1. The zero-order valence-corrected chi connectivity index (χ0v) is 11.1. The molecule has 0 aliphatic carbocycles. The van der Waals surface area contributed by atoms with Crippen molar-refractivity contribution in [3.8, 4) is 0 Å². The van der Waals surface area contributed by atoms with E-state index >= 15 is 0 Å². The molecule has 0 radical (unpaired) electrons. The number of nitrogens with one attached hydrogen (secondary N) is 1. The predicted octanol–water partition coefficient (Wildman–Crippen LogP) is 1.97. The van der Waals surface area contributed by atoms with Gasteiger partial charge in [-0.1, -0.05) is 29.8 Å². The maximum Gasteiger partial charge on any atom is 0.257 e. The molecule has 2 heterocycles. The Morgan fingerprint density at radius 2 is 2.10 bits per heavy atom. The molecule has 100 valence electrons. The molecule has 0 fully saturated rings. The maximum absolute atomic E-state index is 12.2. The van der Waals surface area contributed by atoms with Crippen LogP contribution in [0.4, 0.5) is 0 Å². The number of amides is 1. The third-order valence-corrected chi connectivity index (χ3v) is 3.10. The molecule has 5 heteroatoms. The lowest BCUT2D eigenvalue weighted by Crippen LogP contribution is -2.22. The summed E-state index contributed by atoms with van der Waals surface area (Å²) in [5, 5.41) is 6.98. The second-order valence-corrected chi connectivity index (χ2v) is 4.61. The van der Waals surface area contributed by atoms with Gasteiger partial charge in [-0.25, -0.2) is 9.50 Å². The topological polar surface area (TPSA) is 59.3 Å². The van der Waals surface area contributed by atoms with Crippen molar-refractivity contribution in [3.63, 3.8) is 0 Å². The highest BCUT2D eigenvalue weighted by atomic mass is 16.1. The van der Waals surface area contributed by atoms with E-state index in [-0.39, 0.29) is 5.91 Å². The molecule has 0 spiro atoms. The van der Waals surface area contributed by atoms with Crippen LogP contribution in [0.25, 0.3) is 5.65 Å². The Labute approximate surface area is 116 Å². The van der Waals surface area contributed by atoms with Gasteiger partial charge in [-0.2, -0.15) is 5.10 Å². The van der Waals surface area contributed by atoms with Gasteiger partial charge in [0.1, 0.15) is 5.56 Å².